The molecule has 1 aromatic carbocycles. The van der Waals surface area contributed by atoms with Crippen molar-refractivity contribution in [1.82, 2.24) is 14.8 Å². The summed E-state index contributed by atoms with van der Waals surface area (Å²) in [4.78, 5) is 12.7. The molecule has 0 radical (unpaired) electrons. The number of piperazine rings is 1. The molecular formula is C17H26ClN5S. The third kappa shape index (κ3) is 5.34. The zero-order valence-electron chi connectivity index (χ0n) is 14.1. The van der Waals surface area contributed by atoms with Gasteiger partial charge in [0, 0.05) is 62.6 Å². The van der Waals surface area contributed by atoms with Gasteiger partial charge in [0.05, 0.1) is 0 Å². The highest BCUT2D eigenvalue weighted by Crippen LogP contribution is 2.17. The van der Waals surface area contributed by atoms with E-state index in [1.165, 1.54) is 10.6 Å². The van der Waals surface area contributed by atoms with Crippen LogP contribution < -0.4 is 10.6 Å². The van der Waals surface area contributed by atoms with Crippen LogP contribution in [0.3, 0.4) is 0 Å². The molecule has 0 bridgehead atoms. The van der Waals surface area contributed by atoms with Crippen molar-refractivity contribution < 1.29 is 0 Å². The van der Waals surface area contributed by atoms with Gasteiger partial charge in [-0.2, -0.15) is 0 Å². The van der Waals surface area contributed by atoms with Crippen LogP contribution in [0.4, 0.5) is 10.8 Å². The average molecular weight is 368 g/mol. The minimum atomic E-state index is 0. The molecule has 3 rings (SSSR count). The van der Waals surface area contributed by atoms with Crippen molar-refractivity contribution in [2.24, 2.45) is 0 Å². The number of aromatic nitrogens is 1. The number of thiazole rings is 1. The van der Waals surface area contributed by atoms with Crippen molar-refractivity contribution in [2.75, 3.05) is 56.9 Å². The van der Waals surface area contributed by atoms with Crippen LogP contribution in [0.5, 0.6) is 0 Å². The topological polar surface area (TPSA) is 48.6 Å². The molecule has 24 heavy (non-hydrogen) atoms. The van der Waals surface area contributed by atoms with Crippen molar-refractivity contribution in [2.45, 2.75) is 6.54 Å². The lowest BCUT2D eigenvalue weighted by atomic mass is 10.2. The quantitative estimate of drug-likeness (QED) is 0.849. The van der Waals surface area contributed by atoms with Crippen LogP contribution in [0.2, 0.25) is 0 Å². The molecule has 2 N–H and O–H groups in total. The molecule has 1 aromatic heterocycles. The maximum absolute atomic E-state index is 5.68. The Labute approximate surface area is 154 Å². The Bertz CT molecular complexity index is 598. The lowest BCUT2D eigenvalue weighted by molar-refractivity contribution is 0.213. The molecule has 0 atom stereocenters. The summed E-state index contributed by atoms with van der Waals surface area (Å²) in [6.07, 6.45) is 1.88. The SMILES string of the molecule is CN(CCN1CCN(c2ccccc2)CC1)Cc1cnc(N)s1.Cl. The van der Waals surface area contributed by atoms with E-state index >= 15 is 0 Å². The molecule has 1 saturated heterocycles. The predicted octanol–water partition coefficient (Wildman–Crippen LogP) is 2.40. The Morgan fingerprint density at radius 1 is 1.17 bits per heavy atom. The van der Waals surface area contributed by atoms with Crippen molar-refractivity contribution in [1.29, 1.82) is 0 Å². The van der Waals surface area contributed by atoms with Gasteiger partial charge in [-0.15, -0.1) is 23.7 Å². The summed E-state index contributed by atoms with van der Waals surface area (Å²) in [5, 5.41) is 0.658. The van der Waals surface area contributed by atoms with Crippen LogP contribution in [0.1, 0.15) is 4.88 Å². The maximum Gasteiger partial charge on any atom is 0.180 e. The van der Waals surface area contributed by atoms with Gasteiger partial charge in [0.1, 0.15) is 0 Å². The van der Waals surface area contributed by atoms with E-state index in [0.29, 0.717) is 5.13 Å². The summed E-state index contributed by atoms with van der Waals surface area (Å²) >= 11 is 1.58. The summed E-state index contributed by atoms with van der Waals surface area (Å²) in [6, 6.07) is 10.7. The lowest BCUT2D eigenvalue weighted by Crippen LogP contribution is -2.48. The molecule has 5 nitrogen and oxygen atoms in total. The van der Waals surface area contributed by atoms with Gasteiger partial charge in [0.2, 0.25) is 0 Å². The van der Waals surface area contributed by atoms with E-state index in [9.17, 15) is 0 Å². The highest BCUT2D eigenvalue weighted by Gasteiger charge is 2.17. The number of hydrogen-bond acceptors (Lipinski definition) is 6. The van der Waals surface area contributed by atoms with Crippen LogP contribution in [-0.2, 0) is 6.54 Å². The normalized spacial score (nSPS) is 15.5. The third-order valence-corrected chi connectivity index (χ3v) is 5.10. The van der Waals surface area contributed by atoms with E-state index in [4.69, 9.17) is 5.73 Å². The van der Waals surface area contributed by atoms with E-state index in [1.54, 1.807) is 11.3 Å². The first-order valence-electron chi connectivity index (χ1n) is 8.12. The van der Waals surface area contributed by atoms with Gasteiger partial charge in [-0.05, 0) is 19.2 Å². The van der Waals surface area contributed by atoms with Crippen LogP contribution in [0.25, 0.3) is 0 Å². The first-order chi connectivity index (χ1) is 11.2. The molecule has 1 aliphatic heterocycles. The molecule has 2 heterocycles. The monoisotopic (exact) mass is 367 g/mol. The first kappa shape index (κ1) is 19.0. The number of nitrogens with two attached hydrogens (primary N) is 1. The molecule has 0 amide bonds. The molecule has 0 saturated carbocycles. The maximum atomic E-state index is 5.68. The van der Waals surface area contributed by atoms with Crippen molar-refractivity contribution in [3.63, 3.8) is 0 Å². The lowest BCUT2D eigenvalue weighted by Gasteiger charge is -2.36. The highest BCUT2D eigenvalue weighted by atomic mass is 35.5. The number of nitrogens with zero attached hydrogens (tertiary/aromatic N) is 4. The smallest absolute Gasteiger partial charge is 0.180 e. The van der Waals surface area contributed by atoms with Gasteiger partial charge < -0.3 is 10.6 Å². The predicted molar refractivity (Wildman–Crippen MR) is 105 cm³/mol. The molecule has 1 fully saturated rings. The number of halogens is 1. The molecule has 7 heteroatoms. The summed E-state index contributed by atoms with van der Waals surface area (Å²) in [6.45, 7) is 7.61. The molecule has 0 spiro atoms. The Balaban J connectivity index is 0.00000208. The minimum Gasteiger partial charge on any atom is -0.375 e. The van der Waals surface area contributed by atoms with Crippen molar-refractivity contribution >= 4 is 34.6 Å². The summed E-state index contributed by atoms with van der Waals surface area (Å²) < 4.78 is 0. The fourth-order valence-electron chi connectivity index (χ4n) is 2.92. The zero-order valence-corrected chi connectivity index (χ0v) is 15.7. The molecular weight excluding hydrogens is 342 g/mol. The molecule has 1 aliphatic rings. The van der Waals surface area contributed by atoms with Crippen molar-refractivity contribution in [3.8, 4) is 0 Å². The Morgan fingerprint density at radius 3 is 2.50 bits per heavy atom. The van der Waals surface area contributed by atoms with E-state index in [1.807, 2.05) is 6.20 Å². The van der Waals surface area contributed by atoms with Gasteiger partial charge in [-0.3, -0.25) is 9.80 Å². The summed E-state index contributed by atoms with van der Waals surface area (Å²) in [5.41, 5.74) is 7.02. The van der Waals surface area contributed by atoms with Gasteiger partial charge in [0.25, 0.3) is 0 Å². The fourth-order valence-corrected chi connectivity index (χ4v) is 3.69. The molecule has 2 aromatic rings. The van der Waals surface area contributed by atoms with Crippen molar-refractivity contribution in [3.05, 3.63) is 41.4 Å². The average Bonchev–Trinajstić information content (AvgIpc) is 2.99. The Morgan fingerprint density at radius 2 is 1.88 bits per heavy atom. The van der Waals surface area contributed by atoms with Crippen LogP contribution in [-0.4, -0.2) is 61.1 Å². The Kier molecular flexibility index (Phi) is 7.30. The summed E-state index contributed by atoms with van der Waals surface area (Å²) in [5.74, 6) is 0. The molecule has 0 unspecified atom stereocenters. The number of rotatable bonds is 6. The standard InChI is InChI=1S/C17H25N5S.ClH/c1-20(14-16-13-19-17(18)23-16)7-8-21-9-11-22(12-10-21)15-5-3-2-4-6-15;/h2-6,13H,7-12,14H2,1H3,(H2,18,19);1H. The third-order valence-electron chi connectivity index (χ3n) is 4.29. The minimum absolute atomic E-state index is 0. The second-order valence-electron chi connectivity index (χ2n) is 6.07. The summed E-state index contributed by atoms with van der Waals surface area (Å²) in [7, 11) is 2.16. The van der Waals surface area contributed by atoms with Crippen LogP contribution in [0, 0.1) is 0 Å². The Hall–Kier alpha value is -1.34. The van der Waals surface area contributed by atoms with E-state index in [2.05, 4.69) is 57.1 Å². The molecule has 132 valence electrons. The highest BCUT2D eigenvalue weighted by molar-refractivity contribution is 7.15. The number of anilines is 2. The number of hydrogen-bond donors (Lipinski definition) is 1. The second kappa shape index (κ2) is 9.22. The van der Waals surface area contributed by atoms with Gasteiger partial charge in [0.15, 0.2) is 5.13 Å². The fraction of sp³-hybridized carbons (Fsp3) is 0.471. The van der Waals surface area contributed by atoms with Gasteiger partial charge in [-0.1, -0.05) is 18.2 Å². The number of para-hydroxylation sites is 1. The van der Waals surface area contributed by atoms with E-state index in [0.717, 1.165) is 45.8 Å². The van der Waals surface area contributed by atoms with Gasteiger partial charge in [-0.25, -0.2) is 4.98 Å². The number of nitrogen functional groups attached to an aromatic ring is 1. The zero-order chi connectivity index (χ0) is 16.1. The van der Waals surface area contributed by atoms with Crippen LogP contribution >= 0.6 is 23.7 Å². The largest absolute Gasteiger partial charge is 0.375 e. The molecule has 0 aliphatic carbocycles. The second-order valence-corrected chi connectivity index (χ2v) is 7.21. The van der Waals surface area contributed by atoms with E-state index in [-0.39, 0.29) is 12.4 Å². The van der Waals surface area contributed by atoms with E-state index < -0.39 is 0 Å². The number of likely N-dealkylation sites (N-methyl/N-ethyl adjacent to an activating group) is 1. The van der Waals surface area contributed by atoms with Gasteiger partial charge >= 0.3 is 0 Å². The number of benzene rings is 1. The first-order valence-corrected chi connectivity index (χ1v) is 8.93. The van der Waals surface area contributed by atoms with Crippen LogP contribution in [0.15, 0.2) is 36.5 Å².